The molecule has 0 saturated carbocycles. The Morgan fingerprint density at radius 2 is 1.77 bits per heavy atom. The van der Waals surface area contributed by atoms with Gasteiger partial charge >= 0.3 is 0 Å². The molecule has 4 rings (SSSR count). The van der Waals surface area contributed by atoms with Crippen LogP contribution >= 0.6 is 11.6 Å². The minimum atomic E-state index is -3.22. The van der Waals surface area contributed by atoms with Crippen LogP contribution in [0.4, 0.5) is 0 Å². The molecule has 0 bridgehead atoms. The van der Waals surface area contributed by atoms with Gasteiger partial charge in [-0.15, -0.1) is 0 Å². The van der Waals surface area contributed by atoms with Crippen LogP contribution in [0.1, 0.15) is 24.2 Å². The van der Waals surface area contributed by atoms with Crippen molar-refractivity contribution in [1.82, 2.24) is 9.55 Å². The number of benzene rings is 2. The van der Waals surface area contributed by atoms with E-state index in [2.05, 4.69) is 4.57 Å². The van der Waals surface area contributed by atoms with Gasteiger partial charge in [0, 0.05) is 28.2 Å². The molecule has 4 nitrogen and oxygen atoms in total. The van der Waals surface area contributed by atoms with Gasteiger partial charge in [-0.25, -0.2) is 13.4 Å². The first-order valence-corrected chi connectivity index (χ1v) is 10.9. The summed E-state index contributed by atoms with van der Waals surface area (Å²) < 4.78 is 25.7. The van der Waals surface area contributed by atoms with E-state index in [4.69, 9.17) is 16.6 Å². The SMILES string of the molecule is CS(=O)(=O)c1ccc(-n2c(-c3cccc(Cl)c3)nc3c2CCCC3)cc1. The number of fused-ring (bicyclic) bond motifs is 1. The summed E-state index contributed by atoms with van der Waals surface area (Å²) in [6, 6.07) is 14.7. The van der Waals surface area contributed by atoms with E-state index in [0.29, 0.717) is 9.92 Å². The molecule has 1 aliphatic rings. The van der Waals surface area contributed by atoms with Gasteiger partial charge in [0.25, 0.3) is 0 Å². The van der Waals surface area contributed by atoms with Gasteiger partial charge in [-0.1, -0.05) is 23.7 Å². The predicted molar refractivity (Wildman–Crippen MR) is 104 cm³/mol. The van der Waals surface area contributed by atoms with Crippen molar-refractivity contribution < 1.29 is 8.42 Å². The normalized spacial score (nSPS) is 14.2. The van der Waals surface area contributed by atoms with Gasteiger partial charge in [0.05, 0.1) is 10.6 Å². The molecule has 2 aromatic carbocycles. The van der Waals surface area contributed by atoms with Gasteiger partial charge in [-0.2, -0.15) is 0 Å². The molecule has 1 heterocycles. The maximum absolute atomic E-state index is 11.8. The van der Waals surface area contributed by atoms with Crippen LogP contribution < -0.4 is 0 Å². The van der Waals surface area contributed by atoms with Crippen molar-refractivity contribution in [3.05, 3.63) is 64.9 Å². The third-order valence-electron chi connectivity index (χ3n) is 4.74. The topological polar surface area (TPSA) is 52.0 Å². The Morgan fingerprint density at radius 3 is 2.46 bits per heavy atom. The molecule has 0 atom stereocenters. The third kappa shape index (κ3) is 3.17. The van der Waals surface area contributed by atoms with E-state index in [1.807, 2.05) is 36.4 Å². The van der Waals surface area contributed by atoms with Crippen LogP contribution in [0.25, 0.3) is 17.1 Å². The summed E-state index contributed by atoms with van der Waals surface area (Å²) in [5.74, 6) is 0.853. The summed E-state index contributed by atoms with van der Waals surface area (Å²) >= 11 is 6.19. The Balaban J connectivity index is 1.91. The maximum Gasteiger partial charge on any atom is 0.175 e. The second kappa shape index (κ2) is 6.56. The fraction of sp³-hybridized carbons (Fsp3) is 0.250. The molecular formula is C20H19ClN2O2S. The first-order chi connectivity index (χ1) is 12.4. The summed E-state index contributed by atoms with van der Waals surface area (Å²) in [5.41, 5.74) is 4.21. The van der Waals surface area contributed by atoms with E-state index >= 15 is 0 Å². The van der Waals surface area contributed by atoms with E-state index in [9.17, 15) is 8.42 Å². The zero-order valence-corrected chi connectivity index (χ0v) is 16.0. The number of aromatic nitrogens is 2. The Kier molecular flexibility index (Phi) is 4.37. The zero-order chi connectivity index (χ0) is 18.3. The second-order valence-corrected chi connectivity index (χ2v) is 9.10. The van der Waals surface area contributed by atoms with Crippen molar-refractivity contribution in [2.45, 2.75) is 30.6 Å². The number of rotatable bonds is 3. The molecule has 26 heavy (non-hydrogen) atoms. The molecule has 0 spiro atoms. The number of hydrogen-bond donors (Lipinski definition) is 0. The average Bonchev–Trinajstić information content (AvgIpc) is 3.00. The molecule has 0 saturated heterocycles. The molecule has 1 aromatic heterocycles. The number of imidazole rings is 1. The van der Waals surface area contributed by atoms with Crippen LogP contribution in [0.3, 0.4) is 0 Å². The molecule has 3 aromatic rings. The smallest absolute Gasteiger partial charge is 0.175 e. The zero-order valence-electron chi connectivity index (χ0n) is 14.4. The van der Waals surface area contributed by atoms with Crippen molar-refractivity contribution in [2.75, 3.05) is 6.26 Å². The average molecular weight is 387 g/mol. The van der Waals surface area contributed by atoms with Crippen LogP contribution in [0.2, 0.25) is 5.02 Å². The van der Waals surface area contributed by atoms with Crippen molar-refractivity contribution in [1.29, 1.82) is 0 Å². The minimum Gasteiger partial charge on any atom is -0.296 e. The molecule has 0 N–H and O–H groups in total. The highest BCUT2D eigenvalue weighted by Gasteiger charge is 2.22. The molecule has 0 unspecified atom stereocenters. The fourth-order valence-corrected chi connectivity index (χ4v) is 4.30. The van der Waals surface area contributed by atoms with E-state index in [1.165, 1.54) is 11.9 Å². The first-order valence-electron chi connectivity index (χ1n) is 8.60. The molecule has 6 heteroatoms. The summed E-state index contributed by atoms with van der Waals surface area (Å²) in [7, 11) is -3.22. The van der Waals surface area contributed by atoms with Crippen LogP contribution in [-0.2, 0) is 22.7 Å². The van der Waals surface area contributed by atoms with Gasteiger partial charge in [0.2, 0.25) is 0 Å². The number of halogens is 1. The Bertz CT molecular complexity index is 1070. The highest BCUT2D eigenvalue weighted by Crippen LogP contribution is 2.32. The molecule has 0 amide bonds. The lowest BCUT2D eigenvalue weighted by molar-refractivity contribution is 0.602. The number of hydrogen-bond acceptors (Lipinski definition) is 3. The van der Waals surface area contributed by atoms with Gasteiger partial charge in [0.1, 0.15) is 5.82 Å². The maximum atomic E-state index is 11.8. The van der Waals surface area contributed by atoms with Crippen molar-refractivity contribution in [3.8, 4) is 17.1 Å². The second-order valence-electron chi connectivity index (χ2n) is 6.65. The van der Waals surface area contributed by atoms with Crippen molar-refractivity contribution >= 4 is 21.4 Å². The number of nitrogens with zero attached hydrogens (tertiary/aromatic N) is 2. The molecule has 0 radical (unpaired) electrons. The standard InChI is InChI=1S/C20H19ClN2O2S/c1-26(24,25)17-11-9-16(10-12-17)23-19-8-3-2-7-18(19)22-20(23)14-5-4-6-15(21)13-14/h4-6,9-13H,2-3,7-8H2,1H3. The molecule has 1 aliphatic carbocycles. The van der Waals surface area contributed by atoms with E-state index < -0.39 is 9.84 Å². The molecule has 0 fully saturated rings. The highest BCUT2D eigenvalue weighted by molar-refractivity contribution is 7.90. The van der Waals surface area contributed by atoms with Gasteiger partial charge in [-0.3, -0.25) is 4.57 Å². The quantitative estimate of drug-likeness (QED) is 0.667. The highest BCUT2D eigenvalue weighted by atomic mass is 35.5. The van der Waals surface area contributed by atoms with Crippen molar-refractivity contribution in [2.24, 2.45) is 0 Å². The summed E-state index contributed by atoms with van der Waals surface area (Å²) in [5, 5.41) is 0.669. The van der Waals surface area contributed by atoms with Gasteiger partial charge in [0.15, 0.2) is 9.84 Å². The lowest BCUT2D eigenvalue weighted by Gasteiger charge is -2.16. The Hall–Kier alpha value is -2.11. The van der Waals surface area contributed by atoms with E-state index in [-0.39, 0.29) is 0 Å². The summed E-state index contributed by atoms with van der Waals surface area (Å²) in [6.45, 7) is 0. The number of aryl methyl sites for hydroxylation is 1. The third-order valence-corrected chi connectivity index (χ3v) is 6.10. The number of sulfone groups is 1. The summed E-state index contributed by atoms with van der Waals surface area (Å²) in [4.78, 5) is 5.21. The molecule has 134 valence electrons. The minimum absolute atomic E-state index is 0.319. The Labute approximate surface area is 158 Å². The Morgan fingerprint density at radius 1 is 1.04 bits per heavy atom. The van der Waals surface area contributed by atoms with Crippen LogP contribution in [0, 0.1) is 0 Å². The van der Waals surface area contributed by atoms with Crippen LogP contribution in [0.5, 0.6) is 0 Å². The first kappa shape index (κ1) is 17.3. The largest absolute Gasteiger partial charge is 0.296 e. The fourth-order valence-electron chi connectivity index (χ4n) is 3.48. The van der Waals surface area contributed by atoms with Gasteiger partial charge in [-0.05, 0) is 62.1 Å². The molecule has 0 aliphatic heterocycles. The lowest BCUT2D eigenvalue weighted by Crippen LogP contribution is -2.08. The predicted octanol–water partition coefficient (Wildman–Crippen LogP) is 4.48. The summed E-state index contributed by atoms with van der Waals surface area (Å²) in [6.07, 6.45) is 5.44. The van der Waals surface area contributed by atoms with Gasteiger partial charge < -0.3 is 0 Å². The van der Waals surface area contributed by atoms with Crippen molar-refractivity contribution in [3.63, 3.8) is 0 Å². The van der Waals surface area contributed by atoms with Crippen LogP contribution in [-0.4, -0.2) is 24.2 Å². The lowest BCUT2D eigenvalue weighted by atomic mass is 10.0. The molecular weight excluding hydrogens is 368 g/mol. The van der Waals surface area contributed by atoms with E-state index in [0.717, 1.165) is 48.5 Å². The monoisotopic (exact) mass is 386 g/mol. The van der Waals surface area contributed by atoms with Crippen LogP contribution in [0.15, 0.2) is 53.4 Å². The van der Waals surface area contributed by atoms with E-state index in [1.54, 1.807) is 12.1 Å².